The van der Waals surface area contributed by atoms with Crippen molar-refractivity contribution in [1.29, 1.82) is 0 Å². The Balaban J connectivity index is 1.15. The fourth-order valence-corrected chi connectivity index (χ4v) is 6.63. The minimum Gasteiger partial charge on any atom is -0.380 e. The molecule has 34 heavy (non-hydrogen) atoms. The van der Waals surface area contributed by atoms with Crippen molar-refractivity contribution in [3.8, 4) is 5.69 Å². The molecule has 5 heterocycles. The highest BCUT2D eigenvalue weighted by atomic mass is 35.5. The average molecular weight is 478 g/mol. The Morgan fingerprint density at radius 2 is 1.94 bits per heavy atom. The van der Waals surface area contributed by atoms with E-state index in [2.05, 4.69) is 36.5 Å². The van der Waals surface area contributed by atoms with E-state index >= 15 is 0 Å². The predicted molar refractivity (Wildman–Crippen MR) is 128 cm³/mol. The molecular weight excluding hydrogens is 450 g/mol. The molecule has 9 heteroatoms. The van der Waals surface area contributed by atoms with Gasteiger partial charge in [0.15, 0.2) is 5.82 Å². The van der Waals surface area contributed by atoms with Crippen LogP contribution in [0.4, 0.5) is 5.82 Å². The number of aromatic nitrogens is 5. The molecule has 176 valence electrons. The molecule has 0 unspecified atom stereocenters. The molecule has 4 aliphatic rings. The topological polar surface area (TPSA) is 72.2 Å². The molecule has 0 radical (unpaired) electrons. The predicted octanol–water partition coefficient (Wildman–Crippen LogP) is 3.51. The van der Waals surface area contributed by atoms with Crippen LogP contribution < -0.4 is 4.90 Å². The van der Waals surface area contributed by atoms with Gasteiger partial charge >= 0.3 is 0 Å². The van der Waals surface area contributed by atoms with Gasteiger partial charge in [0.1, 0.15) is 11.6 Å². The van der Waals surface area contributed by atoms with Crippen molar-refractivity contribution in [2.75, 3.05) is 31.2 Å². The second-order valence-corrected chi connectivity index (χ2v) is 10.9. The molecule has 0 amide bonds. The summed E-state index contributed by atoms with van der Waals surface area (Å²) in [6.45, 7) is 7.38. The van der Waals surface area contributed by atoms with E-state index in [1.54, 1.807) is 12.4 Å². The highest BCUT2D eigenvalue weighted by molar-refractivity contribution is 6.30. The lowest BCUT2D eigenvalue weighted by Crippen LogP contribution is -2.62. The monoisotopic (exact) mass is 477 g/mol. The molecule has 3 aliphatic heterocycles. The van der Waals surface area contributed by atoms with Gasteiger partial charge in [0.25, 0.3) is 0 Å². The normalized spacial score (nSPS) is 23.8. The number of halogens is 1. The van der Waals surface area contributed by atoms with Gasteiger partial charge in [-0.3, -0.25) is 14.5 Å². The van der Waals surface area contributed by atoms with E-state index in [1.165, 1.54) is 11.3 Å². The number of nitrogens with zero attached hydrogens (tertiary/aromatic N) is 7. The Kier molecular flexibility index (Phi) is 4.73. The van der Waals surface area contributed by atoms with E-state index in [4.69, 9.17) is 26.5 Å². The van der Waals surface area contributed by atoms with Crippen LogP contribution in [0.1, 0.15) is 48.1 Å². The lowest BCUT2D eigenvalue weighted by molar-refractivity contribution is 0.0580. The van der Waals surface area contributed by atoms with Crippen molar-refractivity contribution >= 4 is 17.4 Å². The first kappa shape index (κ1) is 20.8. The fourth-order valence-electron chi connectivity index (χ4n) is 6.43. The summed E-state index contributed by atoms with van der Waals surface area (Å²) >= 11 is 6.42. The van der Waals surface area contributed by atoms with Gasteiger partial charge in [0, 0.05) is 61.0 Å². The van der Waals surface area contributed by atoms with Crippen LogP contribution in [0.25, 0.3) is 5.69 Å². The molecule has 8 nitrogen and oxygen atoms in total. The Hall–Kier alpha value is -2.55. The summed E-state index contributed by atoms with van der Waals surface area (Å²) in [4.78, 5) is 13.8. The molecule has 1 atom stereocenters. The first-order chi connectivity index (χ1) is 16.6. The molecular formula is C25H28ClN7O. The highest BCUT2D eigenvalue weighted by Crippen LogP contribution is 2.56. The first-order valence-electron chi connectivity index (χ1n) is 12.2. The van der Waals surface area contributed by atoms with Gasteiger partial charge in [0.05, 0.1) is 24.5 Å². The van der Waals surface area contributed by atoms with Gasteiger partial charge in [0.2, 0.25) is 0 Å². The van der Waals surface area contributed by atoms with Gasteiger partial charge in [-0.1, -0.05) is 11.6 Å². The Morgan fingerprint density at radius 3 is 2.74 bits per heavy atom. The van der Waals surface area contributed by atoms with Crippen molar-refractivity contribution in [2.24, 2.45) is 5.41 Å². The van der Waals surface area contributed by atoms with E-state index in [9.17, 15) is 0 Å². The summed E-state index contributed by atoms with van der Waals surface area (Å²) < 4.78 is 8.01. The standard InChI is InChI=1S/C25H28ClN7O/c1-16-23(28-6-5-27-16)32-14-25(15-32)9-18(10-25)24-30-29-22-12-31(20-4-7-34-13-20)11-17-8-19(26)2-3-21(17)33(22)24/h2-3,5-6,8,18,20H,4,7,9-15H2,1H3/t20-/m1/s1. The van der Waals surface area contributed by atoms with Crippen molar-refractivity contribution in [3.63, 3.8) is 0 Å². The first-order valence-corrected chi connectivity index (χ1v) is 12.5. The third-order valence-corrected chi connectivity index (χ3v) is 8.34. The lowest BCUT2D eigenvalue weighted by atomic mass is 9.57. The number of fused-ring (bicyclic) bond motifs is 3. The third kappa shape index (κ3) is 3.26. The van der Waals surface area contributed by atoms with Crippen molar-refractivity contribution in [3.05, 3.63) is 58.5 Å². The van der Waals surface area contributed by atoms with Crippen LogP contribution in [0.15, 0.2) is 30.6 Å². The Labute approximate surface area is 203 Å². The maximum atomic E-state index is 6.42. The number of hydrogen-bond donors (Lipinski definition) is 0. The van der Waals surface area contributed by atoms with Gasteiger partial charge in [-0.05, 0) is 49.9 Å². The number of anilines is 1. The van der Waals surface area contributed by atoms with Crippen LogP contribution in [0.5, 0.6) is 0 Å². The zero-order chi connectivity index (χ0) is 22.9. The highest BCUT2D eigenvalue weighted by Gasteiger charge is 2.54. The number of ether oxygens (including phenoxy) is 1. The SMILES string of the molecule is Cc1nccnc1N1CC2(CC(c3nnc4n3-c3ccc(Cl)cc3CN([C@@H]3CCOC3)C4)C2)C1. The van der Waals surface area contributed by atoms with Gasteiger partial charge < -0.3 is 9.64 Å². The van der Waals surface area contributed by atoms with Gasteiger partial charge in [-0.15, -0.1) is 10.2 Å². The largest absolute Gasteiger partial charge is 0.380 e. The van der Waals surface area contributed by atoms with Crippen molar-refractivity contribution in [1.82, 2.24) is 29.6 Å². The van der Waals surface area contributed by atoms with E-state index in [-0.39, 0.29) is 0 Å². The minimum atomic E-state index is 0.363. The molecule has 3 fully saturated rings. The van der Waals surface area contributed by atoms with Crippen LogP contribution in [-0.2, 0) is 17.8 Å². The van der Waals surface area contributed by atoms with E-state index in [0.717, 1.165) is 86.8 Å². The maximum Gasteiger partial charge on any atom is 0.151 e. The molecule has 1 aliphatic carbocycles. The van der Waals surface area contributed by atoms with Crippen LogP contribution in [0.3, 0.4) is 0 Å². The molecule has 0 bridgehead atoms. The smallest absolute Gasteiger partial charge is 0.151 e. The Morgan fingerprint density at radius 1 is 1.09 bits per heavy atom. The summed E-state index contributed by atoms with van der Waals surface area (Å²) in [7, 11) is 0. The van der Waals surface area contributed by atoms with Crippen LogP contribution in [0.2, 0.25) is 5.02 Å². The van der Waals surface area contributed by atoms with E-state index in [1.807, 2.05) is 13.0 Å². The van der Waals surface area contributed by atoms with Crippen LogP contribution >= 0.6 is 11.6 Å². The van der Waals surface area contributed by atoms with Crippen LogP contribution in [-0.4, -0.2) is 62.0 Å². The second kappa shape index (κ2) is 7.73. The average Bonchev–Trinajstić information content (AvgIpc) is 3.41. The zero-order valence-corrected chi connectivity index (χ0v) is 20.1. The quantitative estimate of drug-likeness (QED) is 0.571. The van der Waals surface area contributed by atoms with E-state index in [0.29, 0.717) is 17.4 Å². The van der Waals surface area contributed by atoms with Gasteiger partial charge in [-0.2, -0.15) is 0 Å². The molecule has 2 aromatic heterocycles. The molecule has 1 aromatic carbocycles. The molecule has 1 spiro atoms. The lowest BCUT2D eigenvalue weighted by Gasteiger charge is -2.59. The van der Waals surface area contributed by atoms with Crippen molar-refractivity contribution < 1.29 is 4.74 Å². The minimum absolute atomic E-state index is 0.363. The van der Waals surface area contributed by atoms with E-state index < -0.39 is 0 Å². The summed E-state index contributed by atoms with van der Waals surface area (Å²) in [6, 6.07) is 6.64. The summed E-state index contributed by atoms with van der Waals surface area (Å²) in [5.74, 6) is 3.57. The second-order valence-electron chi connectivity index (χ2n) is 10.4. The maximum absolute atomic E-state index is 6.42. The zero-order valence-electron chi connectivity index (χ0n) is 19.3. The molecule has 0 N–H and O–H groups in total. The Bertz CT molecular complexity index is 1240. The summed E-state index contributed by atoms with van der Waals surface area (Å²) in [5.41, 5.74) is 3.78. The molecule has 7 rings (SSSR count). The number of rotatable bonds is 3. The van der Waals surface area contributed by atoms with Gasteiger partial charge in [-0.25, -0.2) is 4.98 Å². The van der Waals surface area contributed by atoms with Crippen molar-refractivity contribution in [2.45, 2.75) is 51.2 Å². The fraction of sp³-hybridized carbons (Fsp3) is 0.520. The summed E-state index contributed by atoms with van der Waals surface area (Å²) in [6.07, 6.45) is 6.89. The third-order valence-electron chi connectivity index (χ3n) is 8.11. The number of hydrogen-bond acceptors (Lipinski definition) is 7. The molecule has 1 saturated carbocycles. The number of aryl methyl sites for hydroxylation is 1. The molecule has 2 saturated heterocycles. The molecule has 3 aromatic rings. The van der Waals surface area contributed by atoms with Crippen LogP contribution in [0, 0.1) is 12.3 Å². The summed E-state index contributed by atoms with van der Waals surface area (Å²) in [5, 5.41) is 10.2. The number of benzene rings is 1.